The number of aromatic nitrogens is 3. The SMILES string of the molecule is COCCCn1c(C)cc(C(=O)COC(=O)c2ccc(N3CCCC3)nn2)c1C. The summed E-state index contributed by atoms with van der Waals surface area (Å²) < 4.78 is 12.3. The zero-order valence-corrected chi connectivity index (χ0v) is 17.3. The maximum Gasteiger partial charge on any atom is 0.359 e. The van der Waals surface area contributed by atoms with Gasteiger partial charge in [0.15, 0.2) is 18.1 Å². The molecule has 2 aromatic rings. The smallest absolute Gasteiger partial charge is 0.359 e. The zero-order valence-electron chi connectivity index (χ0n) is 17.3. The maximum absolute atomic E-state index is 12.6. The molecule has 0 aromatic carbocycles. The molecular formula is C21H28N4O4. The van der Waals surface area contributed by atoms with Crippen LogP contribution < -0.4 is 4.90 Å². The molecule has 1 saturated heterocycles. The number of hydrogen-bond acceptors (Lipinski definition) is 7. The molecular weight excluding hydrogens is 372 g/mol. The maximum atomic E-state index is 12.6. The van der Waals surface area contributed by atoms with Gasteiger partial charge in [-0.2, -0.15) is 0 Å². The molecule has 0 aliphatic carbocycles. The van der Waals surface area contributed by atoms with Crippen LogP contribution in [0.25, 0.3) is 0 Å². The third-order valence-electron chi connectivity index (χ3n) is 5.23. The standard InChI is InChI=1S/C21H28N4O4/c1-15-13-17(16(2)25(15)11-6-12-28-3)19(26)14-29-21(27)18-7-8-20(23-22-18)24-9-4-5-10-24/h7-8,13H,4-6,9-12,14H2,1-3H3. The fourth-order valence-electron chi connectivity index (χ4n) is 3.63. The van der Waals surface area contributed by atoms with Gasteiger partial charge < -0.3 is 18.9 Å². The number of carbonyl (C=O) groups is 2. The molecule has 1 aliphatic heterocycles. The lowest BCUT2D eigenvalue weighted by Crippen LogP contribution is -2.20. The summed E-state index contributed by atoms with van der Waals surface area (Å²) in [4.78, 5) is 26.9. The Labute approximate surface area is 170 Å². The van der Waals surface area contributed by atoms with Crippen LogP contribution >= 0.6 is 0 Å². The highest BCUT2D eigenvalue weighted by molar-refractivity contribution is 6.00. The summed E-state index contributed by atoms with van der Waals surface area (Å²) in [5.74, 6) is -0.116. The number of hydrogen-bond donors (Lipinski definition) is 0. The van der Waals surface area contributed by atoms with E-state index in [0.717, 1.165) is 56.1 Å². The van der Waals surface area contributed by atoms with Crippen molar-refractivity contribution >= 4 is 17.6 Å². The topological polar surface area (TPSA) is 86.5 Å². The molecule has 1 aliphatic rings. The Hall–Kier alpha value is -2.74. The van der Waals surface area contributed by atoms with Crippen molar-refractivity contribution in [3.05, 3.63) is 40.8 Å². The molecule has 0 radical (unpaired) electrons. The van der Waals surface area contributed by atoms with Crippen molar-refractivity contribution in [2.24, 2.45) is 0 Å². The average Bonchev–Trinajstić information content (AvgIpc) is 3.36. The second-order valence-electron chi connectivity index (χ2n) is 7.25. The molecule has 29 heavy (non-hydrogen) atoms. The van der Waals surface area contributed by atoms with Crippen LogP contribution in [0.15, 0.2) is 18.2 Å². The molecule has 3 rings (SSSR count). The Balaban J connectivity index is 1.57. The molecule has 0 saturated carbocycles. The van der Waals surface area contributed by atoms with Gasteiger partial charge in [0.1, 0.15) is 0 Å². The summed E-state index contributed by atoms with van der Waals surface area (Å²) in [6.45, 7) is 6.88. The van der Waals surface area contributed by atoms with E-state index in [-0.39, 0.29) is 18.1 Å². The number of anilines is 1. The first kappa shape index (κ1) is 21.0. The molecule has 0 atom stereocenters. The number of methoxy groups -OCH3 is 1. The quantitative estimate of drug-likeness (QED) is 0.363. The van der Waals surface area contributed by atoms with Gasteiger partial charge in [-0.3, -0.25) is 4.79 Å². The highest BCUT2D eigenvalue weighted by Crippen LogP contribution is 2.18. The number of carbonyl (C=O) groups excluding carboxylic acids is 2. The van der Waals surface area contributed by atoms with E-state index in [9.17, 15) is 9.59 Å². The van der Waals surface area contributed by atoms with E-state index in [2.05, 4.69) is 19.7 Å². The Morgan fingerprint density at radius 2 is 1.90 bits per heavy atom. The lowest BCUT2D eigenvalue weighted by atomic mass is 10.1. The molecule has 0 spiro atoms. The first-order chi connectivity index (χ1) is 14.0. The normalized spacial score (nSPS) is 13.7. The summed E-state index contributed by atoms with van der Waals surface area (Å²) in [6, 6.07) is 5.20. The number of rotatable bonds is 9. The fraction of sp³-hybridized carbons (Fsp3) is 0.524. The third kappa shape index (κ3) is 5.00. The largest absolute Gasteiger partial charge is 0.453 e. The number of aryl methyl sites for hydroxylation is 1. The Morgan fingerprint density at radius 3 is 2.55 bits per heavy atom. The van der Waals surface area contributed by atoms with Crippen LogP contribution in [0.1, 0.15) is 51.5 Å². The second-order valence-corrected chi connectivity index (χ2v) is 7.25. The molecule has 2 aromatic heterocycles. The Kier molecular flexibility index (Phi) is 6.98. The van der Waals surface area contributed by atoms with Crippen LogP contribution in [0.2, 0.25) is 0 Å². The molecule has 1 fully saturated rings. The lowest BCUT2D eigenvalue weighted by molar-refractivity contribution is 0.0467. The van der Waals surface area contributed by atoms with Crippen molar-refractivity contribution in [3.63, 3.8) is 0 Å². The van der Waals surface area contributed by atoms with Crippen LogP contribution in [0, 0.1) is 13.8 Å². The van der Waals surface area contributed by atoms with Crippen LogP contribution in [0.4, 0.5) is 5.82 Å². The van der Waals surface area contributed by atoms with Crippen molar-refractivity contribution in [1.29, 1.82) is 0 Å². The lowest BCUT2D eigenvalue weighted by Gasteiger charge is -2.15. The van der Waals surface area contributed by atoms with Crippen molar-refractivity contribution in [2.45, 2.75) is 39.7 Å². The minimum Gasteiger partial charge on any atom is -0.453 e. The summed E-state index contributed by atoms with van der Waals surface area (Å²) >= 11 is 0. The first-order valence-corrected chi connectivity index (χ1v) is 9.96. The van der Waals surface area contributed by atoms with E-state index in [1.165, 1.54) is 0 Å². The van der Waals surface area contributed by atoms with E-state index in [0.29, 0.717) is 12.2 Å². The van der Waals surface area contributed by atoms with Crippen molar-refractivity contribution in [2.75, 3.05) is 38.3 Å². The van der Waals surface area contributed by atoms with Crippen LogP contribution in [0.5, 0.6) is 0 Å². The van der Waals surface area contributed by atoms with Gasteiger partial charge in [-0.15, -0.1) is 10.2 Å². The highest BCUT2D eigenvalue weighted by Gasteiger charge is 2.19. The van der Waals surface area contributed by atoms with Crippen molar-refractivity contribution in [1.82, 2.24) is 14.8 Å². The monoisotopic (exact) mass is 400 g/mol. The number of esters is 1. The minimum absolute atomic E-state index is 0.103. The number of Topliss-reactive ketones (excluding diaryl/α,β-unsaturated/α-hetero) is 1. The third-order valence-corrected chi connectivity index (χ3v) is 5.23. The molecule has 0 bridgehead atoms. The number of nitrogens with zero attached hydrogens (tertiary/aromatic N) is 4. The Bertz CT molecular complexity index is 854. The minimum atomic E-state index is -0.646. The summed E-state index contributed by atoms with van der Waals surface area (Å²) in [5, 5.41) is 8.07. The van der Waals surface area contributed by atoms with Gasteiger partial charge >= 0.3 is 5.97 Å². The molecule has 0 unspecified atom stereocenters. The van der Waals surface area contributed by atoms with Crippen LogP contribution in [0.3, 0.4) is 0 Å². The molecule has 3 heterocycles. The van der Waals surface area contributed by atoms with Crippen molar-refractivity contribution in [3.8, 4) is 0 Å². The van der Waals surface area contributed by atoms with Gasteiger partial charge in [0.05, 0.1) is 0 Å². The average molecular weight is 400 g/mol. The molecule has 0 N–H and O–H groups in total. The van der Waals surface area contributed by atoms with Gasteiger partial charge in [-0.1, -0.05) is 0 Å². The highest BCUT2D eigenvalue weighted by atomic mass is 16.5. The fourth-order valence-corrected chi connectivity index (χ4v) is 3.63. The summed E-state index contributed by atoms with van der Waals surface area (Å²) in [7, 11) is 1.67. The summed E-state index contributed by atoms with van der Waals surface area (Å²) in [5.41, 5.74) is 2.54. The van der Waals surface area contributed by atoms with Gasteiger partial charge in [0.25, 0.3) is 0 Å². The van der Waals surface area contributed by atoms with E-state index in [1.807, 2.05) is 19.9 Å². The molecule has 8 nitrogen and oxygen atoms in total. The van der Waals surface area contributed by atoms with E-state index in [4.69, 9.17) is 9.47 Å². The van der Waals surface area contributed by atoms with E-state index < -0.39 is 5.97 Å². The van der Waals surface area contributed by atoms with E-state index >= 15 is 0 Å². The predicted octanol–water partition coefficient (Wildman–Crippen LogP) is 2.57. The van der Waals surface area contributed by atoms with Gasteiger partial charge in [0, 0.05) is 50.3 Å². The van der Waals surface area contributed by atoms with Crippen molar-refractivity contribution < 1.29 is 19.1 Å². The predicted molar refractivity (Wildman–Crippen MR) is 108 cm³/mol. The molecule has 8 heteroatoms. The van der Waals surface area contributed by atoms with Gasteiger partial charge in [-0.05, 0) is 51.3 Å². The summed E-state index contributed by atoms with van der Waals surface area (Å²) in [6.07, 6.45) is 3.14. The molecule has 0 amide bonds. The Morgan fingerprint density at radius 1 is 1.14 bits per heavy atom. The number of ketones is 1. The van der Waals surface area contributed by atoms with E-state index in [1.54, 1.807) is 19.2 Å². The van der Waals surface area contributed by atoms with Gasteiger partial charge in [0.2, 0.25) is 5.78 Å². The number of ether oxygens (including phenoxy) is 2. The second kappa shape index (κ2) is 9.65. The van der Waals surface area contributed by atoms with Crippen LogP contribution in [-0.2, 0) is 16.0 Å². The zero-order chi connectivity index (χ0) is 20.8. The molecule has 156 valence electrons. The van der Waals surface area contributed by atoms with Gasteiger partial charge in [-0.25, -0.2) is 4.79 Å². The first-order valence-electron chi connectivity index (χ1n) is 9.96. The van der Waals surface area contributed by atoms with Crippen LogP contribution in [-0.4, -0.2) is 59.9 Å².